The highest BCUT2D eigenvalue weighted by molar-refractivity contribution is 6.21. The third kappa shape index (κ3) is 4.43. The fraction of sp³-hybridized carbons (Fsp3) is 0.294. The third-order valence-corrected chi connectivity index (χ3v) is 3.38. The molecule has 8 nitrogen and oxygen atoms in total. The summed E-state index contributed by atoms with van der Waals surface area (Å²) in [5, 5.41) is 2.39. The van der Waals surface area contributed by atoms with E-state index in [-0.39, 0.29) is 31.9 Å². The predicted octanol–water partition coefficient (Wildman–Crippen LogP) is 1.13. The van der Waals surface area contributed by atoms with E-state index in [0.29, 0.717) is 11.1 Å². The van der Waals surface area contributed by atoms with Gasteiger partial charge in [0.25, 0.3) is 11.8 Å². The summed E-state index contributed by atoms with van der Waals surface area (Å²) in [6.07, 6.45) is -0.733. The first-order valence-electron chi connectivity index (χ1n) is 7.60. The van der Waals surface area contributed by atoms with Gasteiger partial charge in [-0.15, -0.1) is 0 Å². The lowest BCUT2D eigenvalue weighted by molar-refractivity contribution is -0.138. The molecule has 3 amide bonds. The Morgan fingerprint density at radius 1 is 1.08 bits per heavy atom. The van der Waals surface area contributed by atoms with Gasteiger partial charge in [-0.25, -0.2) is 9.59 Å². The van der Waals surface area contributed by atoms with Crippen molar-refractivity contribution >= 4 is 23.9 Å². The van der Waals surface area contributed by atoms with E-state index in [4.69, 9.17) is 9.47 Å². The molecule has 0 fully saturated rings. The monoisotopic (exact) mass is 346 g/mol. The van der Waals surface area contributed by atoms with Crippen molar-refractivity contribution in [3.05, 3.63) is 47.5 Å². The van der Waals surface area contributed by atoms with Crippen LogP contribution >= 0.6 is 0 Å². The predicted molar refractivity (Wildman–Crippen MR) is 86.9 cm³/mol. The number of hydrogen-bond acceptors (Lipinski definition) is 6. The number of esters is 1. The first-order chi connectivity index (χ1) is 11.9. The van der Waals surface area contributed by atoms with Gasteiger partial charge < -0.3 is 14.8 Å². The molecule has 0 unspecified atom stereocenters. The van der Waals surface area contributed by atoms with E-state index in [9.17, 15) is 19.2 Å². The van der Waals surface area contributed by atoms with E-state index >= 15 is 0 Å². The number of carbonyl (C=O) groups excluding carboxylic acids is 4. The summed E-state index contributed by atoms with van der Waals surface area (Å²) in [4.78, 5) is 47.9. The van der Waals surface area contributed by atoms with E-state index in [2.05, 4.69) is 11.9 Å². The van der Waals surface area contributed by atoms with Gasteiger partial charge in [0.2, 0.25) is 0 Å². The van der Waals surface area contributed by atoms with Crippen LogP contribution in [0.25, 0.3) is 0 Å². The summed E-state index contributed by atoms with van der Waals surface area (Å²) in [7, 11) is 0. The fourth-order valence-electron chi connectivity index (χ4n) is 2.14. The number of carbonyl (C=O) groups is 4. The molecule has 0 saturated heterocycles. The molecular weight excluding hydrogens is 328 g/mol. The Bertz CT molecular complexity index is 693. The van der Waals surface area contributed by atoms with E-state index in [0.717, 1.165) is 4.90 Å². The summed E-state index contributed by atoms with van der Waals surface area (Å²) >= 11 is 0. The summed E-state index contributed by atoms with van der Waals surface area (Å²) in [6, 6.07) is 6.51. The summed E-state index contributed by atoms with van der Waals surface area (Å²) in [5.74, 6) is -1.35. The van der Waals surface area contributed by atoms with E-state index in [1.807, 2.05) is 0 Å². The lowest BCUT2D eigenvalue weighted by Crippen LogP contribution is -2.35. The van der Waals surface area contributed by atoms with E-state index < -0.39 is 23.9 Å². The molecule has 0 bridgehead atoms. The fourth-order valence-corrected chi connectivity index (χ4v) is 2.14. The Kier molecular flexibility index (Phi) is 5.89. The second-order valence-corrected chi connectivity index (χ2v) is 5.29. The van der Waals surface area contributed by atoms with Crippen molar-refractivity contribution in [3.8, 4) is 0 Å². The second-order valence-electron chi connectivity index (χ2n) is 5.29. The number of hydrogen-bond donors (Lipinski definition) is 1. The number of benzene rings is 1. The van der Waals surface area contributed by atoms with Crippen molar-refractivity contribution in [1.82, 2.24) is 10.2 Å². The van der Waals surface area contributed by atoms with Crippen LogP contribution in [0.5, 0.6) is 0 Å². The van der Waals surface area contributed by atoms with Crippen LogP contribution < -0.4 is 5.32 Å². The van der Waals surface area contributed by atoms with E-state index in [1.54, 1.807) is 24.3 Å². The molecule has 1 aliphatic heterocycles. The van der Waals surface area contributed by atoms with Crippen LogP contribution in [0.2, 0.25) is 0 Å². The number of alkyl carbamates (subject to hydrolysis) is 1. The Morgan fingerprint density at radius 3 is 2.24 bits per heavy atom. The molecular formula is C17H18N2O6. The van der Waals surface area contributed by atoms with Gasteiger partial charge in [-0.05, 0) is 19.1 Å². The maximum Gasteiger partial charge on any atom is 0.407 e. The van der Waals surface area contributed by atoms with Gasteiger partial charge in [0.15, 0.2) is 0 Å². The van der Waals surface area contributed by atoms with Crippen molar-refractivity contribution < 1.29 is 28.7 Å². The highest BCUT2D eigenvalue weighted by Gasteiger charge is 2.34. The van der Waals surface area contributed by atoms with Gasteiger partial charge in [-0.1, -0.05) is 18.7 Å². The zero-order valence-corrected chi connectivity index (χ0v) is 13.7. The molecule has 8 heteroatoms. The van der Waals surface area contributed by atoms with Crippen LogP contribution in [-0.2, 0) is 14.3 Å². The lowest BCUT2D eigenvalue weighted by atomic mass is 10.1. The molecule has 0 spiro atoms. The van der Waals surface area contributed by atoms with Crippen LogP contribution in [0.15, 0.2) is 36.4 Å². The third-order valence-electron chi connectivity index (χ3n) is 3.38. The standard InChI is InChI=1S/C17H18N2O6/c1-11(2)16(22)24-9-7-18-17(23)25-10-8-19-14(20)12-5-3-4-6-13(12)15(19)21/h3-6H,1,7-10H2,2H3,(H,18,23). The van der Waals surface area contributed by atoms with Crippen LogP contribution in [-0.4, -0.2) is 55.1 Å². The average Bonchev–Trinajstić information content (AvgIpc) is 2.83. The normalized spacial score (nSPS) is 12.6. The zero-order chi connectivity index (χ0) is 18.4. The molecule has 0 saturated carbocycles. The van der Waals surface area contributed by atoms with Crippen molar-refractivity contribution in [3.63, 3.8) is 0 Å². The SMILES string of the molecule is C=C(C)C(=O)OCCNC(=O)OCCN1C(=O)c2ccccc2C1=O. The molecule has 0 radical (unpaired) electrons. The largest absolute Gasteiger partial charge is 0.460 e. The molecule has 1 aromatic rings. The average molecular weight is 346 g/mol. The molecule has 1 aromatic carbocycles. The van der Waals surface area contributed by atoms with Crippen molar-refractivity contribution in [2.45, 2.75) is 6.92 Å². The number of amides is 3. The highest BCUT2D eigenvalue weighted by Crippen LogP contribution is 2.21. The van der Waals surface area contributed by atoms with Gasteiger partial charge >= 0.3 is 12.1 Å². The van der Waals surface area contributed by atoms with Crippen LogP contribution in [0, 0.1) is 0 Å². The Balaban J connectivity index is 1.69. The summed E-state index contributed by atoms with van der Waals surface area (Å²) in [5.41, 5.74) is 0.955. The highest BCUT2D eigenvalue weighted by atomic mass is 16.6. The molecule has 0 atom stereocenters. The Hall–Kier alpha value is -3.16. The maximum absolute atomic E-state index is 12.1. The molecule has 0 aliphatic carbocycles. The summed E-state index contributed by atoms with van der Waals surface area (Å²) in [6.45, 7) is 4.83. The maximum atomic E-state index is 12.1. The molecule has 1 heterocycles. The van der Waals surface area contributed by atoms with Gasteiger partial charge in [0.1, 0.15) is 13.2 Å². The number of nitrogens with zero attached hydrogens (tertiary/aromatic N) is 1. The Morgan fingerprint density at radius 2 is 1.68 bits per heavy atom. The molecule has 2 rings (SSSR count). The number of imide groups is 1. The number of rotatable bonds is 7. The van der Waals surface area contributed by atoms with Crippen LogP contribution in [0.1, 0.15) is 27.6 Å². The minimum absolute atomic E-state index is 0.0147. The zero-order valence-electron chi connectivity index (χ0n) is 13.7. The summed E-state index contributed by atoms with van der Waals surface area (Å²) < 4.78 is 9.70. The molecule has 1 N–H and O–H groups in total. The first kappa shape index (κ1) is 18.2. The number of fused-ring (bicyclic) bond motifs is 1. The van der Waals surface area contributed by atoms with Crippen molar-refractivity contribution in [2.24, 2.45) is 0 Å². The number of nitrogens with one attached hydrogen (secondary N) is 1. The van der Waals surface area contributed by atoms with Crippen molar-refractivity contribution in [2.75, 3.05) is 26.3 Å². The first-order valence-corrected chi connectivity index (χ1v) is 7.60. The van der Waals surface area contributed by atoms with E-state index in [1.165, 1.54) is 6.92 Å². The van der Waals surface area contributed by atoms with Gasteiger partial charge in [-0.2, -0.15) is 0 Å². The van der Waals surface area contributed by atoms with Gasteiger partial charge in [0.05, 0.1) is 24.2 Å². The second kappa shape index (κ2) is 8.09. The molecule has 0 aromatic heterocycles. The van der Waals surface area contributed by atoms with Crippen molar-refractivity contribution in [1.29, 1.82) is 0 Å². The van der Waals surface area contributed by atoms with Crippen LogP contribution in [0.4, 0.5) is 4.79 Å². The minimum atomic E-state index is -0.733. The molecule has 1 aliphatic rings. The topological polar surface area (TPSA) is 102 Å². The van der Waals surface area contributed by atoms with Crippen LogP contribution in [0.3, 0.4) is 0 Å². The number of ether oxygens (including phenoxy) is 2. The minimum Gasteiger partial charge on any atom is -0.460 e. The Labute approximate surface area is 144 Å². The molecule has 132 valence electrons. The lowest BCUT2D eigenvalue weighted by Gasteiger charge is -2.14. The smallest absolute Gasteiger partial charge is 0.407 e. The van der Waals surface area contributed by atoms with Gasteiger partial charge in [0, 0.05) is 5.57 Å². The quantitative estimate of drug-likeness (QED) is 0.344. The van der Waals surface area contributed by atoms with Gasteiger partial charge in [-0.3, -0.25) is 14.5 Å². The molecule has 25 heavy (non-hydrogen) atoms.